The summed E-state index contributed by atoms with van der Waals surface area (Å²) in [6.07, 6.45) is -4.22. The molecule has 2 aromatic rings. The number of carbonyl (C=O) groups excluding carboxylic acids is 1. The van der Waals surface area contributed by atoms with Gasteiger partial charge in [-0.3, -0.25) is 0 Å². The number of hydrogen-bond acceptors (Lipinski definition) is 7. The fraction of sp³-hybridized carbons (Fsp3) is 0.409. The van der Waals surface area contributed by atoms with E-state index >= 15 is 0 Å². The van der Waals surface area contributed by atoms with Gasteiger partial charge >= 0.3 is 5.97 Å². The normalized spacial score (nSPS) is 26.9. The molecular weight excluding hydrogens is 376 g/mol. The summed E-state index contributed by atoms with van der Waals surface area (Å²) in [5.74, 6) is -0.361. The number of rotatable bonds is 6. The second kappa shape index (κ2) is 9.47. The van der Waals surface area contributed by atoms with Gasteiger partial charge in [-0.2, -0.15) is 0 Å². The van der Waals surface area contributed by atoms with E-state index in [9.17, 15) is 25.2 Å². The number of benzene rings is 2. The topological polar surface area (TPSA) is 116 Å². The fourth-order valence-corrected chi connectivity index (χ4v) is 3.47. The van der Waals surface area contributed by atoms with E-state index in [2.05, 4.69) is 0 Å². The molecule has 1 fully saturated rings. The summed E-state index contributed by atoms with van der Waals surface area (Å²) >= 11 is 0. The van der Waals surface area contributed by atoms with Gasteiger partial charge in [-0.1, -0.05) is 36.4 Å². The SMILES string of the molecule is COC(=O)c1ccc(CCc2ccc([C@H]3O[C@H](CO)[C@@H](O)[C@H](O)[C@@H]3O)cc2)cc1. The van der Waals surface area contributed by atoms with Crippen LogP contribution in [0.5, 0.6) is 0 Å². The lowest BCUT2D eigenvalue weighted by Crippen LogP contribution is -2.55. The first-order valence-electron chi connectivity index (χ1n) is 9.51. The van der Waals surface area contributed by atoms with Gasteiger partial charge in [0.1, 0.15) is 30.5 Å². The Morgan fingerprint density at radius 2 is 1.45 bits per heavy atom. The molecule has 0 aliphatic carbocycles. The zero-order valence-corrected chi connectivity index (χ0v) is 16.1. The maximum Gasteiger partial charge on any atom is 0.337 e. The van der Waals surface area contributed by atoms with Gasteiger partial charge in [0.2, 0.25) is 0 Å². The average Bonchev–Trinajstić information content (AvgIpc) is 2.76. The van der Waals surface area contributed by atoms with E-state index in [1.165, 1.54) is 7.11 Å². The molecule has 3 rings (SSSR count). The first-order chi connectivity index (χ1) is 13.9. The number of aliphatic hydroxyl groups excluding tert-OH is 4. The highest BCUT2D eigenvalue weighted by Gasteiger charge is 2.43. The number of hydrogen-bond donors (Lipinski definition) is 4. The van der Waals surface area contributed by atoms with Gasteiger partial charge in [0, 0.05) is 0 Å². The fourth-order valence-electron chi connectivity index (χ4n) is 3.47. The molecule has 0 amide bonds. The minimum Gasteiger partial charge on any atom is -0.465 e. The number of aliphatic hydroxyl groups is 4. The molecule has 0 bridgehead atoms. The van der Waals surface area contributed by atoms with Crippen LogP contribution in [0.15, 0.2) is 48.5 Å². The smallest absolute Gasteiger partial charge is 0.337 e. The van der Waals surface area contributed by atoms with Crippen LogP contribution in [0.1, 0.15) is 33.2 Å². The van der Waals surface area contributed by atoms with Gasteiger partial charge in [0.15, 0.2) is 0 Å². The van der Waals surface area contributed by atoms with E-state index in [0.717, 1.165) is 24.0 Å². The van der Waals surface area contributed by atoms with Gasteiger partial charge < -0.3 is 29.9 Å². The van der Waals surface area contributed by atoms with Gasteiger partial charge in [-0.05, 0) is 41.7 Å². The summed E-state index contributed by atoms with van der Waals surface area (Å²) in [6, 6.07) is 14.7. The predicted octanol–water partition coefficient (Wildman–Crippen LogP) is 0.773. The zero-order valence-electron chi connectivity index (χ0n) is 16.1. The molecule has 0 radical (unpaired) electrons. The molecule has 0 aromatic heterocycles. The Balaban J connectivity index is 1.62. The molecule has 1 aliphatic heterocycles. The number of carbonyl (C=O) groups is 1. The minimum atomic E-state index is -1.39. The largest absolute Gasteiger partial charge is 0.465 e. The molecule has 5 atom stereocenters. The van der Waals surface area contributed by atoms with Crippen LogP contribution in [0.3, 0.4) is 0 Å². The van der Waals surface area contributed by atoms with Crippen molar-refractivity contribution in [2.45, 2.75) is 43.4 Å². The van der Waals surface area contributed by atoms with Crippen molar-refractivity contribution in [1.82, 2.24) is 0 Å². The van der Waals surface area contributed by atoms with Crippen LogP contribution in [-0.4, -0.2) is 64.5 Å². The summed E-state index contributed by atoms with van der Waals surface area (Å²) < 4.78 is 10.3. The van der Waals surface area contributed by atoms with Crippen LogP contribution in [0, 0.1) is 0 Å². The van der Waals surface area contributed by atoms with E-state index < -0.39 is 37.1 Å². The highest BCUT2D eigenvalue weighted by Crippen LogP contribution is 2.32. The Kier molecular flexibility index (Phi) is 7.00. The monoisotopic (exact) mass is 402 g/mol. The van der Waals surface area contributed by atoms with Crippen molar-refractivity contribution in [2.24, 2.45) is 0 Å². The van der Waals surface area contributed by atoms with Crippen molar-refractivity contribution in [3.05, 3.63) is 70.8 Å². The molecule has 7 nitrogen and oxygen atoms in total. The first-order valence-corrected chi connectivity index (χ1v) is 9.51. The highest BCUT2D eigenvalue weighted by molar-refractivity contribution is 5.89. The lowest BCUT2D eigenvalue weighted by Gasteiger charge is -2.40. The van der Waals surface area contributed by atoms with Crippen LogP contribution >= 0.6 is 0 Å². The van der Waals surface area contributed by atoms with Crippen LogP contribution in [-0.2, 0) is 22.3 Å². The molecule has 0 spiro atoms. The van der Waals surface area contributed by atoms with Gasteiger partial charge in [0.05, 0.1) is 19.3 Å². The number of ether oxygens (including phenoxy) is 2. The van der Waals surface area contributed by atoms with Crippen LogP contribution in [0.25, 0.3) is 0 Å². The Morgan fingerprint density at radius 3 is 1.97 bits per heavy atom. The summed E-state index contributed by atoms with van der Waals surface area (Å²) in [5.41, 5.74) is 3.35. The molecule has 1 aliphatic rings. The summed E-state index contributed by atoms with van der Waals surface area (Å²) in [5, 5.41) is 39.4. The van der Waals surface area contributed by atoms with Crippen molar-refractivity contribution < 1.29 is 34.7 Å². The second-order valence-electron chi connectivity index (χ2n) is 7.18. The number of aryl methyl sites for hydroxylation is 2. The molecule has 0 unspecified atom stereocenters. The predicted molar refractivity (Wildman–Crippen MR) is 104 cm³/mol. The first kappa shape index (κ1) is 21.4. The molecular formula is C22H26O7. The minimum absolute atomic E-state index is 0.361. The van der Waals surface area contributed by atoms with Crippen LogP contribution in [0.4, 0.5) is 0 Å². The van der Waals surface area contributed by atoms with Crippen molar-refractivity contribution in [3.63, 3.8) is 0 Å². The van der Waals surface area contributed by atoms with Gasteiger partial charge in [0.25, 0.3) is 0 Å². The van der Waals surface area contributed by atoms with E-state index in [0.29, 0.717) is 11.1 Å². The molecule has 2 aromatic carbocycles. The Hall–Kier alpha value is -2.29. The molecule has 1 saturated heterocycles. The third-order valence-electron chi connectivity index (χ3n) is 5.28. The summed E-state index contributed by atoms with van der Waals surface area (Å²) in [6.45, 7) is -0.450. The maximum absolute atomic E-state index is 11.5. The molecule has 29 heavy (non-hydrogen) atoms. The molecule has 1 heterocycles. The average molecular weight is 402 g/mol. The van der Waals surface area contributed by atoms with Crippen molar-refractivity contribution >= 4 is 5.97 Å². The van der Waals surface area contributed by atoms with Crippen LogP contribution in [0.2, 0.25) is 0 Å². The third kappa shape index (κ3) is 4.83. The maximum atomic E-state index is 11.5. The Morgan fingerprint density at radius 1 is 0.897 bits per heavy atom. The molecule has 0 saturated carbocycles. The lowest BCUT2D eigenvalue weighted by atomic mass is 9.90. The molecule has 7 heteroatoms. The summed E-state index contributed by atoms with van der Waals surface area (Å²) in [4.78, 5) is 11.5. The van der Waals surface area contributed by atoms with Gasteiger partial charge in [-0.15, -0.1) is 0 Å². The quantitative estimate of drug-likeness (QED) is 0.528. The number of esters is 1. The van der Waals surface area contributed by atoms with Crippen molar-refractivity contribution in [2.75, 3.05) is 13.7 Å². The number of methoxy groups -OCH3 is 1. The van der Waals surface area contributed by atoms with Crippen molar-refractivity contribution in [1.29, 1.82) is 0 Å². The van der Waals surface area contributed by atoms with E-state index in [1.807, 2.05) is 36.4 Å². The van der Waals surface area contributed by atoms with E-state index in [-0.39, 0.29) is 5.97 Å². The van der Waals surface area contributed by atoms with E-state index in [1.54, 1.807) is 12.1 Å². The van der Waals surface area contributed by atoms with E-state index in [4.69, 9.17) is 9.47 Å². The summed E-state index contributed by atoms with van der Waals surface area (Å²) in [7, 11) is 1.35. The second-order valence-corrected chi connectivity index (χ2v) is 7.18. The zero-order chi connectivity index (χ0) is 21.0. The highest BCUT2D eigenvalue weighted by atomic mass is 16.5. The lowest BCUT2D eigenvalue weighted by molar-refractivity contribution is -0.231. The molecule has 156 valence electrons. The Labute approximate surface area is 169 Å². The molecule has 4 N–H and O–H groups in total. The van der Waals surface area contributed by atoms with Crippen LogP contribution < -0.4 is 0 Å². The van der Waals surface area contributed by atoms with Gasteiger partial charge in [-0.25, -0.2) is 4.79 Å². The Bertz CT molecular complexity index is 801. The third-order valence-corrected chi connectivity index (χ3v) is 5.28. The standard InChI is InChI=1S/C22H26O7/c1-28-22(27)16-10-6-14(7-11-16)3-2-13-4-8-15(9-5-13)21-20(26)19(25)18(24)17(12-23)29-21/h4-11,17-21,23-26H,2-3,12H2,1H3/t17-,18-,19+,20+,21-/m1/s1. The van der Waals surface area contributed by atoms with Crippen molar-refractivity contribution in [3.8, 4) is 0 Å².